The molecule has 1 fully saturated rings. The maximum atomic E-state index is 9.11. The summed E-state index contributed by atoms with van der Waals surface area (Å²) in [5.74, 6) is 1.74. The van der Waals surface area contributed by atoms with Gasteiger partial charge in [0.25, 0.3) is 0 Å². The predicted molar refractivity (Wildman–Crippen MR) is 70.9 cm³/mol. The molecule has 0 radical (unpaired) electrons. The van der Waals surface area contributed by atoms with Crippen molar-refractivity contribution in [2.75, 3.05) is 0 Å². The fraction of sp³-hybridized carbons (Fsp3) is 0.692. The van der Waals surface area contributed by atoms with E-state index in [1.807, 2.05) is 24.8 Å². The Morgan fingerprint density at radius 1 is 1.29 bits per heavy atom. The van der Waals surface area contributed by atoms with Crippen molar-refractivity contribution < 1.29 is 5.11 Å². The highest BCUT2D eigenvalue weighted by atomic mass is 32.2. The van der Waals surface area contributed by atoms with Crippen LogP contribution >= 0.6 is 11.8 Å². The van der Waals surface area contributed by atoms with Crippen molar-refractivity contribution in [1.82, 2.24) is 9.97 Å². The van der Waals surface area contributed by atoms with Crippen LogP contribution in [0.1, 0.15) is 49.3 Å². The van der Waals surface area contributed by atoms with Gasteiger partial charge < -0.3 is 5.11 Å². The summed E-state index contributed by atoms with van der Waals surface area (Å²) in [6.07, 6.45) is 6.81. The maximum Gasteiger partial charge on any atom is 0.138 e. The quantitative estimate of drug-likeness (QED) is 0.895. The first kappa shape index (κ1) is 12.8. The summed E-state index contributed by atoms with van der Waals surface area (Å²) in [5.41, 5.74) is 1.68. The lowest BCUT2D eigenvalue weighted by Crippen LogP contribution is -2.09. The second-order valence-electron chi connectivity index (χ2n) is 4.65. The number of aryl methyl sites for hydroxylation is 1. The van der Waals surface area contributed by atoms with E-state index in [1.54, 1.807) is 0 Å². The SMILES string of the molecule is Cc1cc(CO)nc(CSC2CCCCC2)n1. The molecule has 0 atom stereocenters. The van der Waals surface area contributed by atoms with Gasteiger partial charge in [0.2, 0.25) is 0 Å². The summed E-state index contributed by atoms with van der Waals surface area (Å²) >= 11 is 1.97. The van der Waals surface area contributed by atoms with Gasteiger partial charge in [-0.2, -0.15) is 11.8 Å². The zero-order chi connectivity index (χ0) is 12.1. The first-order chi connectivity index (χ1) is 8.28. The highest BCUT2D eigenvalue weighted by Crippen LogP contribution is 2.29. The van der Waals surface area contributed by atoms with Gasteiger partial charge in [0.15, 0.2) is 0 Å². The second-order valence-corrected chi connectivity index (χ2v) is 5.93. The van der Waals surface area contributed by atoms with Crippen LogP contribution in [0.5, 0.6) is 0 Å². The number of aliphatic hydroxyl groups excluding tert-OH is 1. The molecule has 1 aliphatic rings. The highest BCUT2D eigenvalue weighted by molar-refractivity contribution is 7.99. The van der Waals surface area contributed by atoms with E-state index in [2.05, 4.69) is 9.97 Å². The molecule has 1 saturated carbocycles. The van der Waals surface area contributed by atoms with Crippen LogP contribution in [0.2, 0.25) is 0 Å². The zero-order valence-corrected chi connectivity index (χ0v) is 11.2. The summed E-state index contributed by atoms with van der Waals surface area (Å²) in [6.45, 7) is 1.96. The molecule has 0 unspecified atom stereocenters. The second kappa shape index (κ2) is 6.36. The molecule has 1 heterocycles. The van der Waals surface area contributed by atoms with Gasteiger partial charge in [-0.05, 0) is 25.8 Å². The minimum Gasteiger partial charge on any atom is -0.390 e. The van der Waals surface area contributed by atoms with E-state index in [1.165, 1.54) is 32.1 Å². The molecule has 0 aromatic carbocycles. The van der Waals surface area contributed by atoms with Crippen LogP contribution in [0.25, 0.3) is 0 Å². The average molecular weight is 252 g/mol. The van der Waals surface area contributed by atoms with Crippen molar-refractivity contribution in [3.05, 3.63) is 23.3 Å². The molecule has 0 spiro atoms. The topological polar surface area (TPSA) is 46.0 Å². The number of hydrogen-bond donors (Lipinski definition) is 1. The van der Waals surface area contributed by atoms with E-state index >= 15 is 0 Å². The van der Waals surface area contributed by atoms with E-state index in [9.17, 15) is 0 Å². The van der Waals surface area contributed by atoms with Crippen molar-refractivity contribution in [3.8, 4) is 0 Å². The third kappa shape index (κ3) is 3.96. The summed E-state index contributed by atoms with van der Waals surface area (Å²) in [6, 6.07) is 1.84. The summed E-state index contributed by atoms with van der Waals surface area (Å²) in [4.78, 5) is 8.78. The molecule has 0 saturated heterocycles. The molecule has 94 valence electrons. The Morgan fingerprint density at radius 3 is 2.76 bits per heavy atom. The Morgan fingerprint density at radius 2 is 2.06 bits per heavy atom. The number of rotatable bonds is 4. The van der Waals surface area contributed by atoms with Crippen LogP contribution in [0.4, 0.5) is 0 Å². The summed E-state index contributed by atoms with van der Waals surface area (Å²) < 4.78 is 0. The first-order valence-electron chi connectivity index (χ1n) is 6.34. The third-order valence-electron chi connectivity index (χ3n) is 3.12. The highest BCUT2D eigenvalue weighted by Gasteiger charge is 2.14. The average Bonchev–Trinajstić information content (AvgIpc) is 2.37. The van der Waals surface area contributed by atoms with Crippen LogP contribution in [0, 0.1) is 6.92 Å². The van der Waals surface area contributed by atoms with Gasteiger partial charge in [-0.1, -0.05) is 19.3 Å². The molecule has 1 aliphatic carbocycles. The van der Waals surface area contributed by atoms with E-state index in [-0.39, 0.29) is 6.61 Å². The molecule has 4 heteroatoms. The van der Waals surface area contributed by atoms with Crippen LogP contribution in [-0.4, -0.2) is 20.3 Å². The molecule has 1 aromatic heterocycles. The molecule has 3 nitrogen and oxygen atoms in total. The zero-order valence-electron chi connectivity index (χ0n) is 10.4. The van der Waals surface area contributed by atoms with Crippen molar-refractivity contribution in [1.29, 1.82) is 0 Å². The number of aliphatic hydroxyl groups is 1. The molecule has 0 aliphatic heterocycles. The maximum absolute atomic E-state index is 9.11. The lowest BCUT2D eigenvalue weighted by atomic mass is 10.0. The predicted octanol–water partition coefficient (Wildman–Crippen LogP) is 2.84. The van der Waals surface area contributed by atoms with Gasteiger partial charge in [-0.15, -0.1) is 0 Å². The molecule has 1 aromatic rings. The molecular weight excluding hydrogens is 232 g/mol. The van der Waals surface area contributed by atoms with Crippen LogP contribution in [0.3, 0.4) is 0 Å². The van der Waals surface area contributed by atoms with Crippen molar-refractivity contribution in [2.24, 2.45) is 0 Å². The molecular formula is C13H20N2OS. The number of thioether (sulfide) groups is 1. The monoisotopic (exact) mass is 252 g/mol. The Balaban J connectivity index is 1.91. The number of hydrogen-bond acceptors (Lipinski definition) is 4. The molecule has 17 heavy (non-hydrogen) atoms. The summed E-state index contributed by atoms with van der Waals surface area (Å²) in [5, 5.41) is 9.89. The van der Waals surface area contributed by atoms with Gasteiger partial charge >= 0.3 is 0 Å². The van der Waals surface area contributed by atoms with E-state index < -0.39 is 0 Å². The van der Waals surface area contributed by atoms with Crippen LogP contribution in [-0.2, 0) is 12.4 Å². The van der Waals surface area contributed by atoms with Crippen molar-refractivity contribution >= 4 is 11.8 Å². The van der Waals surface area contributed by atoms with Crippen molar-refractivity contribution in [3.63, 3.8) is 0 Å². The Kier molecular flexibility index (Phi) is 4.80. The Bertz CT molecular complexity index is 364. The van der Waals surface area contributed by atoms with E-state index in [4.69, 9.17) is 5.11 Å². The standard InChI is InChI=1S/C13H20N2OS/c1-10-7-11(8-16)15-13(14-10)9-17-12-5-3-2-4-6-12/h7,12,16H,2-6,8-9H2,1H3. The van der Waals surface area contributed by atoms with Crippen LogP contribution in [0.15, 0.2) is 6.07 Å². The number of aromatic nitrogens is 2. The van der Waals surface area contributed by atoms with Gasteiger partial charge in [0.05, 0.1) is 18.1 Å². The van der Waals surface area contributed by atoms with Crippen LogP contribution < -0.4 is 0 Å². The normalized spacial score (nSPS) is 17.3. The van der Waals surface area contributed by atoms with Gasteiger partial charge in [0, 0.05) is 10.9 Å². The fourth-order valence-corrected chi connectivity index (χ4v) is 3.45. The van der Waals surface area contributed by atoms with Gasteiger partial charge in [0.1, 0.15) is 5.82 Å². The van der Waals surface area contributed by atoms with Crippen molar-refractivity contribution in [2.45, 2.75) is 56.6 Å². The minimum absolute atomic E-state index is 0.00442. The molecule has 2 rings (SSSR count). The Labute approximate surface area is 107 Å². The first-order valence-corrected chi connectivity index (χ1v) is 7.38. The third-order valence-corrected chi connectivity index (χ3v) is 4.48. The van der Waals surface area contributed by atoms with E-state index in [0.29, 0.717) is 0 Å². The lowest BCUT2D eigenvalue weighted by molar-refractivity contribution is 0.276. The smallest absolute Gasteiger partial charge is 0.138 e. The van der Waals surface area contributed by atoms with E-state index in [0.717, 1.165) is 28.2 Å². The molecule has 0 bridgehead atoms. The summed E-state index contributed by atoms with van der Waals surface area (Å²) in [7, 11) is 0. The number of nitrogens with zero attached hydrogens (tertiary/aromatic N) is 2. The largest absolute Gasteiger partial charge is 0.390 e. The van der Waals surface area contributed by atoms with Gasteiger partial charge in [-0.25, -0.2) is 9.97 Å². The molecule has 0 amide bonds. The minimum atomic E-state index is 0.00442. The fourth-order valence-electron chi connectivity index (χ4n) is 2.27. The lowest BCUT2D eigenvalue weighted by Gasteiger charge is -2.20. The Hall–Kier alpha value is -0.610. The van der Waals surface area contributed by atoms with Gasteiger partial charge in [-0.3, -0.25) is 0 Å². The molecule has 1 N–H and O–H groups in total.